The number of rotatable bonds is 5. The number of likely N-dealkylation sites (N-methyl/N-ethyl adjacent to an activating group) is 1. The Kier molecular flexibility index (Phi) is 4.62. The second-order valence-corrected chi connectivity index (χ2v) is 4.28. The topological polar surface area (TPSA) is 41.1 Å². The summed E-state index contributed by atoms with van der Waals surface area (Å²) in [6, 6.07) is 4.19. The molecule has 0 spiro atoms. The molecule has 1 rings (SSSR count). The lowest BCUT2D eigenvalue weighted by atomic mass is 10.3. The molecule has 0 aromatic carbocycles. The van der Waals surface area contributed by atoms with Crippen LogP contribution < -0.4 is 10.6 Å². The molecule has 1 aromatic heterocycles. The van der Waals surface area contributed by atoms with E-state index in [1.807, 2.05) is 0 Å². The van der Waals surface area contributed by atoms with Crippen LogP contribution in [0.3, 0.4) is 0 Å². The van der Waals surface area contributed by atoms with Crippen molar-refractivity contribution in [1.82, 2.24) is 10.6 Å². The van der Waals surface area contributed by atoms with Gasteiger partial charge in [0.2, 0.25) is 5.91 Å². The van der Waals surface area contributed by atoms with Gasteiger partial charge < -0.3 is 10.6 Å². The SMILES string of the molecule is CCc1ccc(CNC(=O)CNC)s1. The largest absolute Gasteiger partial charge is 0.350 e. The third kappa shape index (κ3) is 3.47. The number of aryl methyl sites for hydroxylation is 1. The lowest BCUT2D eigenvalue weighted by molar-refractivity contribution is -0.120. The Morgan fingerprint density at radius 3 is 2.71 bits per heavy atom. The molecular formula is C10H16N2OS. The number of nitrogens with one attached hydrogen (secondary N) is 2. The molecule has 0 saturated carbocycles. The van der Waals surface area contributed by atoms with Crippen LogP contribution in [-0.4, -0.2) is 19.5 Å². The fraction of sp³-hybridized carbons (Fsp3) is 0.500. The van der Waals surface area contributed by atoms with E-state index in [-0.39, 0.29) is 5.91 Å². The van der Waals surface area contributed by atoms with Crippen LogP contribution >= 0.6 is 11.3 Å². The highest BCUT2D eigenvalue weighted by atomic mass is 32.1. The highest BCUT2D eigenvalue weighted by molar-refractivity contribution is 7.11. The molecule has 0 aliphatic carbocycles. The summed E-state index contributed by atoms with van der Waals surface area (Å²) in [5.41, 5.74) is 0. The summed E-state index contributed by atoms with van der Waals surface area (Å²) in [4.78, 5) is 13.7. The molecule has 0 radical (unpaired) electrons. The van der Waals surface area contributed by atoms with Crippen molar-refractivity contribution < 1.29 is 4.79 Å². The molecule has 2 N–H and O–H groups in total. The van der Waals surface area contributed by atoms with Crippen molar-refractivity contribution in [2.45, 2.75) is 19.9 Å². The second-order valence-electron chi connectivity index (χ2n) is 3.03. The number of thiophene rings is 1. The van der Waals surface area contributed by atoms with Gasteiger partial charge >= 0.3 is 0 Å². The molecule has 3 nitrogen and oxygen atoms in total. The molecule has 0 fully saturated rings. The lowest BCUT2D eigenvalue weighted by Gasteiger charge is -2.01. The number of amides is 1. The molecule has 0 saturated heterocycles. The molecule has 1 aromatic rings. The molecule has 4 heteroatoms. The van der Waals surface area contributed by atoms with Crippen LogP contribution in [0.1, 0.15) is 16.7 Å². The maximum Gasteiger partial charge on any atom is 0.234 e. The second kappa shape index (κ2) is 5.78. The number of carbonyl (C=O) groups excluding carboxylic acids is 1. The van der Waals surface area contributed by atoms with Crippen LogP contribution in [0.25, 0.3) is 0 Å². The molecular weight excluding hydrogens is 196 g/mol. The van der Waals surface area contributed by atoms with Crippen LogP contribution in [0.15, 0.2) is 12.1 Å². The first-order valence-electron chi connectivity index (χ1n) is 4.75. The smallest absolute Gasteiger partial charge is 0.234 e. The van der Waals surface area contributed by atoms with Crippen molar-refractivity contribution in [1.29, 1.82) is 0 Å². The minimum atomic E-state index is 0.0407. The predicted molar refractivity (Wildman–Crippen MR) is 59.5 cm³/mol. The molecule has 0 aliphatic rings. The van der Waals surface area contributed by atoms with Crippen molar-refractivity contribution in [3.8, 4) is 0 Å². The zero-order valence-corrected chi connectivity index (χ0v) is 9.41. The Labute approximate surface area is 88.5 Å². The Morgan fingerprint density at radius 2 is 2.14 bits per heavy atom. The molecule has 78 valence electrons. The predicted octanol–water partition coefficient (Wildman–Crippen LogP) is 1.15. The lowest BCUT2D eigenvalue weighted by Crippen LogP contribution is -2.31. The molecule has 14 heavy (non-hydrogen) atoms. The number of hydrogen-bond acceptors (Lipinski definition) is 3. The maximum absolute atomic E-state index is 11.1. The Morgan fingerprint density at radius 1 is 1.43 bits per heavy atom. The first kappa shape index (κ1) is 11.2. The summed E-state index contributed by atoms with van der Waals surface area (Å²) in [6.45, 7) is 3.16. The standard InChI is InChI=1S/C10H16N2OS/c1-3-8-4-5-9(14-8)6-12-10(13)7-11-2/h4-5,11H,3,6-7H2,1-2H3,(H,12,13). The van der Waals surface area contributed by atoms with Crippen molar-refractivity contribution in [3.05, 3.63) is 21.9 Å². The highest BCUT2D eigenvalue weighted by Crippen LogP contribution is 2.16. The molecule has 0 aliphatic heterocycles. The molecule has 0 atom stereocenters. The normalized spacial score (nSPS) is 10.1. The summed E-state index contributed by atoms with van der Waals surface area (Å²) in [6.07, 6.45) is 1.06. The van der Waals surface area contributed by atoms with Crippen LogP contribution in [0, 0.1) is 0 Å². The van der Waals surface area contributed by atoms with E-state index in [0.717, 1.165) is 6.42 Å². The average Bonchev–Trinajstić information content (AvgIpc) is 2.63. The van der Waals surface area contributed by atoms with Crippen LogP contribution in [0.5, 0.6) is 0 Å². The van der Waals surface area contributed by atoms with Crippen molar-refractivity contribution in [3.63, 3.8) is 0 Å². The quantitative estimate of drug-likeness (QED) is 0.768. The van der Waals surface area contributed by atoms with Crippen molar-refractivity contribution >= 4 is 17.2 Å². The van der Waals surface area contributed by atoms with Crippen LogP contribution in [-0.2, 0) is 17.8 Å². The van der Waals surface area contributed by atoms with Crippen LogP contribution in [0.4, 0.5) is 0 Å². The van der Waals surface area contributed by atoms with E-state index in [2.05, 4.69) is 29.7 Å². The Hall–Kier alpha value is -0.870. The molecule has 0 bridgehead atoms. The molecule has 1 heterocycles. The van der Waals surface area contributed by atoms with E-state index in [1.165, 1.54) is 9.75 Å². The minimum Gasteiger partial charge on any atom is -0.350 e. The monoisotopic (exact) mass is 212 g/mol. The highest BCUT2D eigenvalue weighted by Gasteiger charge is 2.01. The summed E-state index contributed by atoms with van der Waals surface area (Å²) < 4.78 is 0. The fourth-order valence-corrected chi connectivity index (χ4v) is 2.01. The molecule has 0 unspecified atom stereocenters. The summed E-state index contributed by atoms with van der Waals surface area (Å²) in [5.74, 6) is 0.0407. The molecule has 1 amide bonds. The van der Waals surface area contributed by atoms with E-state index in [1.54, 1.807) is 18.4 Å². The summed E-state index contributed by atoms with van der Waals surface area (Å²) in [7, 11) is 1.76. The van der Waals surface area contributed by atoms with Gasteiger partial charge in [0.25, 0.3) is 0 Å². The summed E-state index contributed by atoms with van der Waals surface area (Å²) >= 11 is 1.76. The third-order valence-electron chi connectivity index (χ3n) is 1.86. The van der Waals surface area contributed by atoms with Gasteiger partial charge in [-0.05, 0) is 25.6 Å². The first-order valence-corrected chi connectivity index (χ1v) is 5.56. The van der Waals surface area contributed by atoms with E-state index in [9.17, 15) is 4.79 Å². The zero-order chi connectivity index (χ0) is 10.4. The van der Waals surface area contributed by atoms with E-state index >= 15 is 0 Å². The van der Waals surface area contributed by atoms with Crippen molar-refractivity contribution in [2.75, 3.05) is 13.6 Å². The van der Waals surface area contributed by atoms with Gasteiger partial charge in [0.05, 0.1) is 13.1 Å². The van der Waals surface area contributed by atoms with Gasteiger partial charge in [0, 0.05) is 9.75 Å². The van der Waals surface area contributed by atoms with Gasteiger partial charge in [0.1, 0.15) is 0 Å². The zero-order valence-electron chi connectivity index (χ0n) is 8.59. The van der Waals surface area contributed by atoms with Gasteiger partial charge in [-0.2, -0.15) is 0 Å². The number of carbonyl (C=O) groups is 1. The van der Waals surface area contributed by atoms with Gasteiger partial charge in [-0.1, -0.05) is 6.92 Å². The Balaban J connectivity index is 2.34. The Bertz CT molecular complexity index is 296. The van der Waals surface area contributed by atoms with Gasteiger partial charge in [-0.25, -0.2) is 0 Å². The van der Waals surface area contributed by atoms with E-state index in [4.69, 9.17) is 0 Å². The third-order valence-corrected chi connectivity index (χ3v) is 3.09. The van der Waals surface area contributed by atoms with Gasteiger partial charge in [-0.15, -0.1) is 11.3 Å². The maximum atomic E-state index is 11.1. The van der Waals surface area contributed by atoms with Crippen molar-refractivity contribution in [2.24, 2.45) is 0 Å². The van der Waals surface area contributed by atoms with E-state index < -0.39 is 0 Å². The van der Waals surface area contributed by atoms with Gasteiger partial charge in [0.15, 0.2) is 0 Å². The first-order chi connectivity index (χ1) is 6.76. The minimum absolute atomic E-state index is 0.0407. The van der Waals surface area contributed by atoms with Gasteiger partial charge in [-0.3, -0.25) is 4.79 Å². The average molecular weight is 212 g/mol. The van der Waals surface area contributed by atoms with E-state index in [0.29, 0.717) is 13.1 Å². The van der Waals surface area contributed by atoms with Crippen LogP contribution in [0.2, 0.25) is 0 Å². The fourth-order valence-electron chi connectivity index (χ4n) is 1.12. The number of hydrogen-bond donors (Lipinski definition) is 2. The summed E-state index contributed by atoms with van der Waals surface area (Å²) in [5, 5.41) is 5.66.